The number of rotatable bonds is 0. The van der Waals surface area contributed by atoms with Crippen molar-refractivity contribution in [3.63, 3.8) is 0 Å². The predicted octanol–water partition coefficient (Wildman–Crippen LogP) is 2.44. The monoisotopic (exact) mass is 150 g/mol. The molecule has 1 heteroatoms. The molecule has 11 heavy (non-hydrogen) atoms. The Bertz CT molecular complexity index is 252. The number of ether oxygens (including phenoxy) is 1. The molecule has 2 aliphatic rings. The SMILES string of the molecule is CC1=C[C@]2(C)C=C[C@](C)(C1)O2. The molecule has 0 amide bonds. The van der Waals surface area contributed by atoms with Crippen LogP contribution >= 0.6 is 0 Å². The van der Waals surface area contributed by atoms with Crippen LogP contribution in [0.15, 0.2) is 23.8 Å². The van der Waals surface area contributed by atoms with E-state index in [1.54, 1.807) is 0 Å². The van der Waals surface area contributed by atoms with Gasteiger partial charge in [-0.05, 0) is 20.8 Å². The second-order valence-corrected chi connectivity index (χ2v) is 4.10. The van der Waals surface area contributed by atoms with E-state index in [4.69, 9.17) is 4.74 Å². The van der Waals surface area contributed by atoms with Crippen LogP contribution in [0.5, 0.6) is 0 Å². The number of fused-ring (bicyclic) bond motifs is 2. The summed E-state index contributed by atoms with van der Waals surface area (Å²) < 4.78 is 5.86. The molecule has 0 aromatic heterocycles. The average molecular weight is 150 g/mol. The van der Waals surface area contributed by atoms with Gasteiger partial charge in [-0.15, -0.1) is 0 Å². The molecule has 0 N–H and O–H groups in total. The summed E-state index contributed by atoms with van der Waals surface area (Å²) in [5, 5.41) is 0. The number of hydrogen-bond acceptors (Lipinski definition) is 1. The first-order valence-electron chi connectivity index (χ1n) is 4.10. The summed E-state index contributed by atoms with van der Waals surface area (Å²) in [5.41, 5.74) is 1.30. The fourth-order valence-corrected chi connectivity index (χ4v) is 2.18. The summed E-state index contributed by atoms with van der Waals surface area (Å²) in [5.74, 6) is 0. The van der Waals surface area contributed by atoms with Gasteiger partial charge in [0, 0.05) is 6.42 Å². The zero-order valence-corrected chi connectivity index (χ0v) is 7.35. The molecule has 2 atom stereocenters. The molecule has 2 rings (SSSR count). The molecule has 1 nitrogen and oxygen atoms in total. The van der Waals surface area contributed by atoms with E-state index in [1.165, 1.54) is 5.57 Å². The molecule has 0 aliphatic carbocycles. The molecule has 0 spiro atoms. The van der Waals surface area contributed by atoms with E-state index in [-0.39, 0.29) is 11.2 Å². The van der Waals surface area contributed by atoms with Gasteiger partial charge in [0.15, 0.2) is 0 Å². The molecule has 0 aromatic carbocycles. The molecule has 0 unspecified atom stereocenters. The van der Waals surface area contributed by atoms with E-state index in [0.29, 0.717) is 0 Å². The molecular formula is C10H14O. The van der Waals surface area contributed by atoms with Crippen LogP contribution in [-0.4, -0.2) is 11.2 Å². The van der Waals surface area contributed by atoms with Gasteiger partial charge in [-0.25, -0.2) is 0 Å². The standard InChI is InChI=1S/C10H14O/c1-8-6-9(2)4-5-10(3,7-8)11-9/h4-6H,7H2,1-3H3/t9-,10+/m0/s1. The molecule has 0 fully saturated rings. The highest BCUT2D eigenvalue weighted by atomic mass is 16.5. The molecule has 0 aromatic rings. The molecular weight excluding hydrogens is 136 g/mol. The van der Waals surface area contributed by atoms with Crippen molar-refractivity contribution in [2.45, 2.75) is 38.4 Å². The van der Waals surface area contributed by atoms with E-state index < -0.39 is 0 Å². The zero-order chi connectivity index (χ0) is 8.11. The van der Waals surface area contributed by atoms with Crippen LogP contribution < -0.4 is 0 Å². The van der Waals surface area contributed by atoms with Gasteiger partial charge in [-0.3, -0.25) is 0 Å². The highest BCUT2D eigenvalue weighted by Gasteiger charge is 2.40. The molecule has 2 bridgehead atoms. The minimum absolute atomic E-state index is 0.0203. The third kappa shape index (κ3) is 1.04. The van der Waals surface area contributed by atoms with Crippen LogP contribution in [0.4, 0.5) is 0 Å². The highest BCUT2D eigenvalue weighted by Crippen LogP contribution is 2.41. The van der Waals surface area contributed by atoms with Crippen molar-refractivity contribution in [2.75, 3.05) is 0 Å². The van der Waals surface area contributed by atoms with Gasteiger partial charge in [0.2, 0.25) is 0 Å². The van der Waals surface area contributed by atoms with Crippen molar-refractivity contribution in [2.24, 2.45) is 0 Å². The maximum atomic E-state index is 5.86. The van der Waals surface area contributed by atoms with Gasteiger partial charge >= 0.3 is 0 Å². The quantitative estimate of drug-likeness (QED) is 0.482. The van der Waals surface area contributed by atoms with Gasteiger partial charge in [0.05, 0.1) is 5.60 Å². The maximum absolute atomic E-state index is 5.86. The van der Waals surface area contributed by atoms with Crippen LogP contribution in [-0.2, 0) is 4.74 Å². The Morgan fingerprint density at radius 2 is 2.09 bits per heavy atom. The zero-order valence-electron chi connectivity index (χ0n) is 7.35. The summed E-state index contributed by atoms with van der Waals surface area (Å²) >= 11 is 0. The second-order valence-electron chi connectivity index (χ2n) is 4.10. The van der Waals surface area contributed by atoms with Crippen LogP contribution in [0, 0.1) is 0 Å². The topological polar surface area (TPSA) is 9.23 Å². The minimum Gasteiger partial charge on any atom is -0.357 e. The van der Waals surface area contributed by atoms with E-state index in [0.717, 1.165) is 6.42 Å². The minimum atomic E-state index is -0.114. The fourth-order valence-electron chi connectivity index (χ4n) is 2.18. The van der Waals surface area contributed by atoms with Gasteiger partial charge in [-0.1, -0.05) is 23.8 Å². The van der Waals surface area contributed by atoms with Crippen molar-refractivity contribution < 1.29 is 4.74 Å². The first kappa shape index (κ1) is 7.11. The fraction of sp³-hybridized carbons (Fsp3) is 0.600. The van der Waals surface area contributed by atoms with Crippen molar-refractivity contribution in [1.29, 1.82) is 0 Å². The summed E-state index contributed by atoms with van der Waals surface area (Å²) in [6, 6.07) is 0. The van der Waals surface area contributed by atoms with Gasteiger partial charge in [-0.2, -0.15) is 0 Å². The van der Waals surface area contributed by atoms with Crippen molar-refractivity contribution in [3.8, 4) is 0 Å². The van der Waals surface area contributed by atoms with Crippen LogP contribution in [0.1, 0.15) is 27.2 Å². The molecule has 60 valence electrons. The summed E-state index contributed by atoms with van der Waals surface area (Å²) in [6.45, 7) is 6.43. The molecule has 2 aliphatic heterocycles. The van der Waals surface area contributed by atoms with Crippen molar-refractivity contribution in [1.82, 2.24) is 0 Å². The second kappa shape index (κ2) is 1.78. The van der Waals surface area contributed by atoms with E-state index in [2.05, 4.69) is 39.0 Å². The first-order chi connectivity index (χ1) is 5.02. The van der Waals surface area contributed by atoms with Crippen molar-refractivity contribution >= 4 is 0 Å². The smallest absolute Gasteiger partial charge is 0.103 e. The van der Waals surface area contributed by atoms with Gasteiger partial charge < -0.3 is 4.74 Å². The molecule has 0 radical (unpaired) electrons. The Hall–Kier alpha value is -0.560. The molecule has 2 heterocycles. The van der Waals surface area contributed by atoms with Crippen LogP contribution in [0.25, 0.3) is 0 Å². The van der Waals surface area contributed by atoms with Crippen LogP contribution in [0.3, 0.4) is 0 Å². The lowest BCUT2D eigenvalue weighted by Crippen LogP contribution is -2.35. The third-order valence-electron chi connectivity index (χ3n) is 2.38. The Labute approximate surface area is 67.7 Å². The van der Waals surface area contributed by atoms with Gasteiger partial charge in [0.1, 0.15) is 5.60 Å². The molecule has 0 saturated carbocycles. The Kier molecular flexibility index (Phi) is 1.15. The first-order valence-corrected chi connectivity index (χ1v) is 4.10. The third-order valence-corrected chi connectivity index (χ3v) is 2.38. The summed E-state index contributed by atoms with van der Waals surface area (Å²) in [4.78, 5) is 0. The molecule has 0 saturated heterocycles. The Balaban J connectivity index is 2.43. The largest absolute Gasteiger partial charge is 0.357 e. The lowest BCUT2D eigenvalue weighted by Gasteiger charge is -2.34. The van der Waals surface area contributed by atoms with Crippen LogP contribution in [0.2, 0.25) is 0 Å². The predicted molar refractivity (Wildman–Crippen MR) is 45.4 cm³/mol. The van der Waals surface area contributed by atoms with E-state index >= 15 is 0 Å². The van der Waals surface area contributed by atoms with E-state index in [1.807, 2.05) is 0 Å². The van der Waals surface area contributed by atoms with Crippen molar-refractivity contribution in [3.05, 3.63) is 23.8 Å². The lowest BCUT2D eigenvalue weighted by atomic mass is 9.94. The summed E-state index contributed by atoms with van der Waals surface area (Å²) in [7, 11) is 0. The highest BCUT2D eigenvalue weighted by molar-refractivity contribution is 5.31. The number of hydrogen-bond donors (Lipinski definition) is 0. The maximum Gasteiger partial charge on any atom is 0.103 e. The Morgan fingerprint density at radius 3 is 2.73 bits per heavy atom. The normalized spacial score (nSPS) is 47.7. The Morgan fingerprint density at radius 1 is 1.36 bits per heavy atom. The van der Waals surface area contributed by atoms with Gasteiger partial charge in [0.25, 0.3) is 0 Å². The van der Waals surface area contributed by atoms with E-state index in [9.17, 15) is 0 Å². The lowest BCUT2D eigenvalue weighted by molar-refractivity contribution is -0.0529. The summed E-state index contributed by atoms with van der Waals surface area (Å²) in [6.07, 6.45) is 7.58. The average Bonchev–Trinajstić information content (AvgIpc) is 2.01.